The van der Waals surface area contributed by atoms with Gasteiger partial charge in [0.2, 0.25) is 11.0 Å². The van der Waals surface area contributed by atoms with E-state index in [2.05, 4.69) is 14.9 Å². The molecule has 1 saturated heterocycles. The van der Waals surface area contributed by atoms with E-state index in [1.54, 1.807) is 29.2 Å². The lowest BCUT2D eigenvalue weighted by molar-refractivity contribution is -0.384. The number of hydrogen-bond donors (Lipinski definition) is 1. The molecule has 3 aromatic rings. The summed E-state index contributed by atoms with van der Waals surface area (Å²) in [6.45, 7) is 2.02. The van der Waals surface area contributed by atoms with Crippen LogP contribution in [0.3, 0.4) is 0 Å². The van der Waals surface area contributed by atoms with Crippen molar-refractivity contribution >= 4 is 38.1 Å². The predicted octanol–water partition coefficient (Wildman–Crippen LogP) is 2.32. The van der Waals surface area contributed by atoms with Crippen molar-refractivity contribution in [3.05, 3.63) is 63.7 Å². The molecule has 2 heterocycles. The van der Waals surface area contributed by atoms with Gasteiger partial charge in [0.15, 0.2) is 0 Å². The minimum Gasteiger partial charge on any atom is -0.378 e. The van der Waals surface area contributed by atoms with E-state index in [1.807, 2.05) is 0 Å². The number of nitro benzene ring substituents is 1. The monoisotopic (exact) mass is 489 g/mol. The number of carbonyl (C=O) groups is 1. The van der Waals surface area contributed by atoms with Gasteiger partial charge in [-0.2, -0.15) is 0 Å². The lowest BCUT2D eigenvalue weighted by Gasteiger charge is -2.26. The summed E-state index contributed by atoms with van der Waals surface area (Å²) in [7, 11) is -3.93. The quantitative estimate of drug-likeness (QED) is 0.393. The number of ether oxygens (including phenoxy) is 1. The number of sulfonamides is 1. The van der Waals surface area contributed by atoms with E-state index in [1.165, 1.54) is 24.3 Å². The van der Waals surface area contributed by atoms with Crippen LogP contribution in [0.2, 0.25) is 0 Å². The molecule has 1 aliphatic heterocycles. The van der Waals surface area contributed by atoms with Gasteiger partial charge in [-0.1, -0.05) is 35.6 Å². The van der Waals surface area contributed by atoms with Crippen molar-refractivity contribution in [2.24, 2.45) is 0 Å². The van der Waals surface area contributed by atoms with Crippen LogP contribution in [-0.4, -0.2) is 60.6 Å². The van der Waals surface area contributed by atoms with Crippen LogP contribution in [0, 0.1) is 10.1 Å². The van der Waals surface area contributed by atoms with E-state index in [-0.39, 0.29) is 28.0 Å². The maximum Gasteiger partial charge on any atom is 0.270 e. The molecule has 0 saturated carbocycles. The summed E-state index contributed by atoms with van der Waals surface area (Å²) in [6.07, 6.45) is 0.0390. The number of nitrogens with one attached hydrogen (secondary N) is 1. The Morgan fingerprint density at radius 1 is 1.12 bits per heavy atom. The number of nitrogens with zero attached hydrogens (tertiary/aromatic N) is 4. The Bertz CT molecular complexity index is 1270. The first kappa shape index (κ1) is 22.8. The maximum atomic E-state index is 12.7. The first-order valence-electron chi connectivity index (χ1n) is 9.87. The van der Waals surface area contributed by atoms with E-state index in [9.17, 15) is 23.3 Å². The fourth-order valence-electron chi connectivity index (χ4n) is 3.22. The summed E-state index contributed by atoms with van der Waals surface area (Å²) in [4.78, 5) is 24.5. The molecule has 0 aliphatic carbocycles. The van der Waals surface area contributed by atoms with Gasteiger partial charge in [0.1, 0.15) is 5.01 Å². The molecule has 172 valence electrons. The van der Waals surface area contributed by atoms with Gasteiger partial charge in [0, 0.05) is 25.2 Å². The summed E-state index contributed by atoms with van der Waals surface area (Å²) >= 11 is 0.996. The minimum atomic E-state index is -3.93. The highest BCUT2D eigenvalue weighted by molar-refractivity contribution is 7.93. The topological polar surface area (TPSA) is 145 Å². The number of hydrogen-bond acceptors (Lipinski definition) is 9. The Morgan fingerprint density at radius 3 is 2.55 bits per heavy atom. The Morgan fingerprint density at radius 2 is 1.85 bits per heavy atom. The van der Waals surface area contributed by atoms with Crippen LogP contribution >= 0.6 is 11.3 Å². The molecule has 1 aliphatic rings. The van der Waals surface area contributed by atoms with Gasteiger partial charge in [-0.05, 0) is 23.3 Å². The fraction of sp³-hybridized carbons (Fsp3) is 0.250. The molecule has 4 rings (SSSR count). The number of aromatic nitrogens is 2. The largest absolute Gasteiger partial charge is 0.378 e. The second-order valence-electron chi connectivity index (χ2n) is 7.11. The maximum absolute atomic E-state index is 12.7. The average molecular weight is 490 g/mol. The van der Waals surface area contributed by atoms with E-state index in [4.69, 9.17) is 4.74 Å². The van der Waals surface area contributed by atoms with Crippen LogP contribution in [0.4, 0.5) is 10.8 Å². The summed E-state index contributed by atoms with van der Waals surface area (Å²) in [5.74, 6) is -0.111. The van der Waals surface area contributed by atoms with Crippen molar-refractivity contribution in [2.45, 2.75) is 11.3 Å². The molecule has 1 amide bonds. The van der Waals surface area contributed by atoms with Crippen molar-refractivity contribution in [1.29, 1.82) is 0 Å². The molecular formula is C20H19N5O6S2. The van der Waals surface area contributed by atoms with Crippen LogP contribution in [0.15, 0.2) is 53.4 Å². The van der Waals surface area contributed by atoms with E-state index in [0.717, 1.165) is 11.3 Å². The van der Waals surface area contributed by atoms with E-state index >= 15 is 0 Å². The van der Waals surface area contributed by atoms with Gasteiger partial charge >= 0.3 is 0 Å². The second kappa shape index (κ2) is 9.60. The SMILES string of the molecule is O=C(Cc1nnc(NS(=O)(=O)c2ccc(-c3cccc([N+](=O)[O-])c3)cc2)s1)N1CCOCC1. The fourth-order valence-corrected chi connectivity index (χ4v) is 5.18. The molecule has 1 fully saturated rings. The highest BCUT2D eigenvalue weighted by atomic mass is 32.2. The van der Waals surface area contributed by atoms with E-state index in [0.29, 0.717) is 42.4 Å². The van der Waals surface area contributed by atoms with Gasteiger partial charge in [-0.3, -0.25) is 19.6 Å². The minimum absolute atomic E-state index is 0.00201. The normalized spacial score (nSPS) is 14.1. The zero-order valence-corrected chi connectivity index (χ0v) is 18.8. The molecular weight excluding hydrogens is 470 g/mol. The lowest BCUT2D eigenvalue weighted by atomic mass is 10.1. The van der Waals surface area contributed by atoms with E-state index < -0.39 is 14.9 Å². The molecule has 0 atom stereocenters. The predicted molar refractivity (Wildman–Crippen MR) is 120 cm³/mol. The van der Waals surface area contributed by atoms with Gasteiger partial charge < -0.3 is 9.64 Å². The summed E-state index contributed by atoms with van der Waals surface area (Å²) in [5.41, 5.74) is 1.18. The van der Waals surface area contributed by atoms with Gasteiger partial charge in [-0.25, -0.2) is 8.42 Å². The zero-order chi connectivity index (χ0) is 23.4. The lowest BCUT2D eigenvalue weighted by Crippen LogP contribution is -2.41. The highest BCUT2D eigenvalue weighted by Crippen LogP contribution is 2.26. The third kappa shape index (κ3) is 5.50. The number of non-ortho nitro benzene ring substituents is 1. The molecule has 33 heavy (non-hydrogen) atoms. The van der Waals surface area contributed by atoms with Crippen LogP contribution in [-0.2, 0) is 26.0 Å². The summed E-state index contributed by atoms with van der Waals surface area (Å²) in [6, 6.07) is 12.0. The molecule has 0 spiro atoms. The Hall–Kier alpha value is -3.42. The molecule has 1 N–H and O–H groups in total. The first-order valence-corrected chi connectivity index (χ1v) is 12.2. The van der Waals surface area contributed by atoms with Crippen LogP contribution in [0.5, 0.6) is 0 Å². The molecule has 1 aromatic heterocycles. The van der Waals surface area contributed by atoms with Crippen molar-refractivity contribution < 1.29 is 22.9 Å². The molecule has 11 nitrogen and oxygen atoms in total. The van der Waals surface area contributed by atoms with Crippen LogP contribution in [0.25, 0.3) is 11.1 Å². The number of rotatable bonds is 7. The second-order valence-corrected chi connectivity index (χ2v) is 9.85. The molecule has 0 unspecified atom stereocenters. The number of nitro groups is 1. The van der Waals surface area contributed by atoms with Gasteiger partial charge in [0.05, 0.1) is 29.5 Å². The summed E-state index contributed by atoms with van der Waals surface area (Å²) in [5, 5.41) is 19.2. The van der Waals surface area contributed by atoms with Crippen molar-refractivity contribution in [3.8, 4) is 11.1 Å². The number of amides is 1. The Kier molecular flexibility index (Phi) is 6.62. The molecule has 2 aromatic carbocycles. The molecule has 13 heteroatoms. The van der Waals surface area contributed by atoms with Crippen LogP contribution in [0.1, 0.15) is 5.01 Å². The smallest absolute Gasteiger partial charge is 0.270 e. The van der Waals surface area contributed by atoms with Crippen molar-refractivity contribution in [2.75, 3.05) is 31.0 Å². The number of morpholine rings is 1. The Balaban J connectivity index is 1.43. The summed E-state index contributed by atoms with van der Waals surface area (Å²) < 4.78 is 33.0. The molecule has 0 bridgehead atoms. The average Bonchev–Trinajstić information content (AvgIpc) is 3.25. The third-order valence-corrected chi connectivity index (χ3v) is 7.23. The Labute approximate surface area is 193 Å². The van der Waals surface area contributed by atoms with Gasteiger partial charge in [-0.15, -0.1) is 10.2 Å². The van der Waals surface area contributed by atoms with Crippen molar-refractivity contribution in [1.82, 2.24) is 15.1 Å². The van der Waals surface area contributed by atoms with Crippen molar-refractivity contribution in [3.63, 3.8) is 0 Å². The molecule has 0 radical (unpaired) electrons. The first-order chi connectivity index (χ1) is 15.8. The number of anilines is 1. The highest BCUT2D eigenvalue weighted by Gasteiger charge is 2.21. The number of carbonyl (C=O) groups excluding carboxylic acids is 1. The third-order valence-electron chi connectivity index (χ3n) is 4.91. The van der Waals surface area contributed by atoms with Crippen LogP contribution < -0.4 is 4.72 Å². The zero-order valence-electron chi connectivity index (χ0n) is 17.2. The van der Waals surface area contributed by atoms with Gasteiger partial charge in [0.25, 0.3) is 15.7 Å². The standard InChI is InChI=1S/C20H19N5O6S2/c26-19(24-8-10-31-11-9-24)13-18-21-22-20(32-18)23-33(29,30)17-6-4-14(5-7-17)15-2-1-3-16(12-15)25(27)28/h1-7,12H,8-11,13H2,(H,22,23). The number of benzene rings is 2.